The van der Waals surface area contributed by atoms with Crippen LogP contribution < -0.4 is 19.7 Å². The summed E-state index contributed by atoms with van der Waals surface area (Å²) >= 11 is 0. The number of carbonyl (C=O) groups is 1. The van der Waals surface area contributed by atoms with Crippen molar-refractivity contribution in [2.75, 3.05) is 38.5 Å². The van der Waals surface area contributed by atoms with Gasteiger partial charge in [0.2, 0.25) is 5.91 Å². The zero-order valence-electron chi connectivity index (χ0n) is 20.9. The summed E-state index contributed by atoms with van der Waals surface area (Å²) in [7, 11) is 7.23. The van der Waals surface area contributed by atoms with Crippen LogP contribution in [0.15, 0.2) is 71.4 Å². The highest BCUT2D eigenvalue weighted by Crippen LogP contribution is 2.42. The summed E-state index contributed by atoms with van der Waals surface area (Å²) in [6, 6.07) is 17.5. The molecule has 0 bridgehead atoms. The Morgan fingerprint density at radius 2 is 1.71 bits per heavy atom. The molecule has 0 fully saturated rings. The van der Waals surface area contributed by atoms with Crippen molar-refractivity contribution >= 4 is 33.8 Å². The molecule has 4 rings (SSSR count). The molecule has 0 aliphatic rings. The van der Waals surface area contributed by atoms with Gasteiger partial charge in [0.05, 0.1) is 20.5 Å². The first kappa shape index (κ1) is 24.0. The SMILES string of the molecule is COc1ccccc1-c1coc2c(C)c(OC)c(/C(C)=C/C(=O)Nc3ccc(N(C)C)cc3)cc12. The topological polar surface area (TPSA) is 63.9 Å². The van der Waals surface area contributed by atoms with Gasteiger partial charge in [0.1, 0.15) is 17.1 Å². The van der Waals surface area contributed by atoms with E-state index in [1.165, 1.54) is 0 Å². The molecule has 0 saturated carbocycles. The minimum absolute atomic E-state index is 0.211. The van der Waals surface area contributed by atoms with Crippen LogP contribution in [0.3, 0.4) is 0 Å². The molecular weight excluding hydrogens is 440 g/mol. The van der Waals surface area contributed by atoms with Crippen molar-refractivity contribution in [3.8, 4) is 22.6 Å². The molecule has 0 unspecified atom stereocenters. The minimum atomic E-state index is -0.211. The van der Waals surface area contributed by atoms with E-state index >= 15 is 0 Å². The molecule has 4 aromatic rings. The third-order valence-corrected chi connectivity index (χ3v) is 6.07. The minimum Gasteiger partial charge on any atom is -0.496 e. The number of methoxy groups -OCH3 is 2. The highest BCUT2D eigenvalue weighted by molar-refractivity contribution is 6.06. The molecule has 0 atom stereocenters. The van der Waals surface area contributed by atoms with Crippen LogP contribution in [0, 0.1) is 6.92 Å². The number of rotatable bonds is 7. The van der Waals surface area contributed by atoms with Gasteiger partial charge in [-0.2, -0.15) is 0 Å². The van der Waals surface area contributed by atoms with Gasteiger partial charge in [-0.3, -0.25) is 4.79 Å². The van der Waals surface area contributed by atoms with Crippen molar-refractivity contribution in [1.29, 1.82) is 0 Å². The molecule has 6 nitrogen and oxygen atoms in total. The van der Waals surface area contributed by atoms with Gasteiger partial charge >= 0.3 is 0 Å². The zero-order valence-corrected chi connectivity index (χ0v) is 20.9. The first-order valence-corrected chi connectivity index (χ1v) is 11.3. The van der Waals surface area contributed by atoms with Gasteiger partial charge in [0.15, 0.2) is 0 Å². The van der Waals surface area contributed by atoms with Crippen molar-refractivity contribution in [3.63, 3.8) is 0 Å². The monoisotopic (exact) mass is 470 g/mol. The van der Waals surface area contributed by atoms with E-state index in [9.17, 15) is 4.79 Å². The number of anilines is 2. The highest BCUT2D eigenvalue weighted by atomic mass is 16.5. The van der Waals surface area contributed by atoms with Crippen LogP contribution in [0.1, 0.15) is 18.1 Å². The molecule has 1 N–H and O–H groups in total. The van der Waals surface area contributed by atoms with E-state index in [2.05, 4.69) is 5.32 Å². The summed E-state index contributed by atoms with van der Waals surface area (Å²) < 4.78 is 17.3. The molecule has 0 spiro atoms. The molecule has 1 amide bonds. The lowest BCUT2D eigenvalue weighted by Crippen LogP contribution is -2.10. The summed E-state index contributed by atoms with van der Waals surface area (Å²) in [6.07, 6.45) is 3.33. The molecule has 0 saturated heterocycles. The second-order valence-corrected chi connectivity index (χ2v) is 8.57. The van der Waals surface area contributed by atoms with Gasteiger partial charge in [0, 0.05) is 59.2 Å². The normalized spacial score (nSPS) is 11.4. The predicted molar refractivity (Wildman–Crippen MR) is 143 cm³/mol. The number of nitrogens with zero attached hydrogens (tertiary/aromatic N) is 1. The van der Waals surface area contributed by atoms with Crippen LogP contribution in [0.4, 0.5) is 11.4 Å². The number of para-hydroxylation sites is 1. The first-order valence-electron chi connectivity index (χ1n) is 11.3. The van der Waals surface area contributed by atoms with Crippen molar-refractivity contribution in [2.45, 2.75) is 13.8 Å². The Balaban J connectivity index is 1.73. The maximum atomic E-state index is 12.8. The number of nitrogens with one attached hydrogen (secondary N) is 1. The molecule has 180 valence electrons. The molecule has 0 aliphatic heterocycles. The van der Waals surface area contributed by atoms with Crippen LogP contribution in [-0.4, -0.2) is 34.2 Å². The van der Waals surface area contributed by atoms with E-state index in [-0.39, 0.29) is 5.91 Å². The Labute approximate surface area is 205 Å². The van der Waals surface area contributed by atoms with Crippen molar-refractivity contribution in [1.82, 2.24) is 0 Å². The second-order valence-electron chi connectivity index (χ2n) is 8.57. The van der Waals surface area contributed by atoms with E-state index in [0.717, 1.165) is 55.9 Å². The van der Waals surface area contributed by atoms with Crippen LogP contribution in [0.2, 0.25) is 0 Å². The predicted octanol–water partition coefficient (Wildman–Crippen LogP) is 6.53. The maximum Gasteiger partial charge on any atom is 0.248 e. The van der Waals surface area contributed by atoms with Gasteiger partial charge in [-0.25, -0.2) is 0 Å². The number of hydrogen-bond donors (Lipinski definition) is 1. The average molecular weight is 471 g/mol. The van der Waals surface area contributed by atoms with E-state index in [4.69, 9.17) is 13.9 Å². The van der Waals surface area contributed by atoms with E-state index < -0.39 is 0 Å². The Hall–Kier alpha value is -4.19. The summed E-state index contributed by atoms with van der Waals surface area (Å²) in [5.41, 5.74) is 6.87. The molecule has 35 heavy (non-hydrogen) atoms. The molecule has 1 aromatic heterocycles. The van der Waals surface area contributed by atoms with Crippen molar-refractivity contribution in [3.05, 3.63) is 78.1 Å². The quantitative estimate of drug-likeness (QED) is 0.311. The highest BCUT2D eigenvalue weighted by Gasteiger charge is 2.20. The number of amides is 1. The summed E-state index contributed by atoms with van der Waals surface area (Å²) in [4.78, 5) is 14.8. The number of allylic oxidation sites excluding steroid dienone is 1. The largest absolute Gasteiger partial charge is 0.496 e. The fourth-order valence-corrected chi connectivity index (χ4v) is 4.24. The average Bonchev–Trinajstić information content (AvgIpc) is 3.28. The third kappa shape index (κ3) is 4.73. The molecule has 0 radical (unpaired) electrons. The maximum absolute atomic E-state index is 12.8. The van der Waals surface area contributed by atoms with Gasteiger partial charge in [-0.1, -0.05) is 18.2 Å². The third-order valence-electron chi connectivity index (χ3n) is 6.07. The smallest absolute Gasteiger partial charge is 0.248 e. The number of ether oxygens (including phenoxy) is 2. The van der Waals surface area contributed by atoms with E-state index in [1.54, 1.807) is 26.6 Å². The summed E-state index contributed by atoms with van der Waals surface area (Å²) in [6.45, 7) is 3.86. The molecule has 3 aromatic carbocycles. The fourth-order valence-electron chi connectivity index (χ4n) is 4.24. The lowest BCUT2D eigenvalue weighted by Gasteiger charge is -2.14. The number of carbonyl (C=O) groups excluding carboxylic acids is 1. The van der Waals surface area contributed by atoms with Crippen LogP contribution in [0.25, 0.3) is 27.7 Å². The Bertz CT molecular complexity index is 1400. The van der Waals surface area contributed by atoms with E-state index in [0.29, 0.717) is 5.75 Å². The van der Waals surface area contributed by atoms with Gasteiger partial charge in [-0.05, 0) is 55.8 Å². The Morgan fingerprint density at radius 3 is 2.37 bits per heavy atom. The standard InChI is InChI=1S/C29H30N2O4/c1-18(15-27(32)30-20-11-13-21(14-12-20)31(3)4)23-16-24-25(22-9-7-8-10-26(22)33-5)17-35-29(24)19(2)28(23)34-6/h7-17H,1-6H3,(H,30,32)/b18-15+. The fraction of sp³-hybridized carbons (Fsp3) is 0.207. The van der Waals surface area contributed by atoms with Crippen LogP contribution in [0.5, 0.6) is 11.5 Å². The molecular formula is C29H30N2O4. The van der Waals surface area contributed by atoms with Crippen LogP contribution >= 0.6 is 0 Å². The first-order chi connectivity index (χ1) is 16.8. The second kappa shape index (κ2) is 9.97. The molecule has 1 heterocycles. The lowest BCUT2D eigenvalue weighted by molar-refractivity contribution is -0.111. The number of aryl methyl sites for hydroxylation is 1. The molecule has 0 aliphatic carbocycles. The molecule has 6 heteroatoms. The van der Waals surface area contributed by atoms with E-state index in [1.807, 2.05) is 87.4 Å². The van der Waals surface area contributed by atoms with Crippen molar-refractivity contribution in [2.24, 2.45) is 0 Å². The number of furan rings is 1. The number of hydrogen-bond acceptors (Lipinski definition) is 5. The van der Waals surface area contributed by atoms with Gasteiger partial charge in [-0.15, -0.1) is 0 Å². The number of benzene rings is 3. The summed E-state index contributed by atoms with van der Waals surface area (Å²) in [5.74, 6) is 1.23. The van der Waals surface area contributed by atoms with Gasteiger partial charge < -0.3 is 24.1 Å². The zero-order chi connectivity index (χ0) is 25.1. The van der Waals surface area contributed by atoms with Crippen LogP contribution in [-0.2, 0) is 4.79 Å². The Morgan fingerprint density at radius 1 is 1.00 bits per heavy atom. The van der Waals surface area contributed by atoms with Crippen molar-refractivity contribution < 1.29 is 18.7 Å². The van der Waals surface area contributed by atoms with Gasteiger partial charge in [0.25, 0.3) is 0 Å². The number of fused-ring (bicyclic) bond motifs is 1. The Kier molecular flexibility index (Phi) is 6.82. The summed E-state index contributed by atoms with van der Waals surface area (Å²) in [5, 5.41) is 3.86. The lowest BCUT2D eigenvalue weighted by atomic mass is 9.96.